The third kappa shape index (κ3) is 2.47. The summed E-state index contributed by atoms with van der Waals surface area (Å²) >= 11 is 1.68. The van der Waals surface area contributed by atoms with E-state index in [1.54, 1.807) is 22.2 Å². The Morgan fingerprint density at radius 1 is 1.39 bits per heavy atom. The molecule has 0 radical (unpaired) electrons. The van der Waals surface area contributed by atoms with Crippen LogP contribution in [0.4, 0.5) is 5.95 Å². The van der Waals surface area contributed by atoms with Crippen LogP contribution in [0.3, 0.4) is 0 Å². The van der Waals surface area contributed by atoms with Crippen LogP contribution in [0.2, 0.25) is 0 Å². The van der Waals surface area contributed by atoms with Crippen LogP contribution in [-0.4, -0.2) is 9.55 Å². The summed E-state index contributed by atoms with van der Waals surface area (Å²) < 4.78 is 7.07. The molecule has 1 N–H and O–H groups in total. The second-order valence-electron chi connectivity index (χ2n) is 5.81. The van der Waals surface area contributed by atoms with Gasteiger partial charge in [-0.25, -0.2) is 4.98 Å². The molecule has 23 heavy (non-hydrogen) atoms. The predicted octanol–water partition coefficient (Wildman–Crippen LogP) is 3.56. The van der Waals surface area contributed by atoms with Gasteiger partial charge >= 0.3 is 0 Å². The fourth-order valence-electron chi connectivity index (χ4n) is 3.25. The number of thiophene rings is 1. The number of hydrogen-bond donors (Lipinski definition) is 1. The molecule has 6 heteroatoms. The van der Waals surface area contributed by atoms with Crippen molar-refractivity contribution in [2.24, 2.45) is 0 Å². The van der Waals surface area contributed by atoms with E-state index >= 15 is 0 Å². The van der Waals surface area contributed by atoms with Crippen molar-refractivity contribution in [2.75, 3.05) is 5.32 Å². The maximum Gasteiger partial charge on any atom is 0.263 e. The van der Waals surface area contributed by atoms with E-state index in [0.717, 1.165) is 28.8 Å². The lowest BCUT2D eigenvalue weighted by atomic mass is 9.97. The van der Waals surface area contributed by atoms with E-state index in [1.165, 1.54) is 23.3 Å². The molecule has 3 aromatic rings. The average molecular weight is 329 g/mol. The summed E-state index contributed by atoms with van der Waals surface area (Å²) in [5.41, 5.74) is 1.33. The largest absolute Gasteiger partial charge is 0.467 e. The number of furan rings is 1. The molecule has 1 aliphatic carbocycles. The van der Waals surface area contributed by atoms with Gasteiger partial charge in [-0.15, -0.1) is 11.3 Å². The Hall–Kier alpha value is -2.08. The number of fused-ring (bicyclic) bond motifs is 3. The van der Waals surface area contributed by atoms with Crippen LogP contribution >= 0.6 is 11.3 Å². The van der Waals surface area contributed by atoms with Crippen molar-refractivity contribution in [3.8, 4) is 0 Å². The summed E-state index contributed by atoms with van der Waals surface area (Å²) in [7, 11) is 0. The fourth-order valence-corrected chi connectivity index (χ4v) is 4.50. The molecule has 1 aliphatic rings. The van der Waals surface area contributed by atoms with E-state index < -0.39 is 0 Å². The molecule has 4 rings (SSSR count). The second-order valence-corrected chi connectivity index (χ2v) is 6.89. The van der Waals surface area contributed by atoms with Gasteiger partial charge < -0.3 is 9.73 Å². The number of aromatic nitrogens is 2. The lowest BCUT2D eigenvalue weighted by molar-refractivity contribution is 0.516. The highest BCUT2D eigenvalue weighted by Crippen LogP contribution is 2.34. The van der Waals surface area contributed by atoms with Gasteiger partial charge in [0.05, 0.1) is 18.2 Å². The highest BCUT2D eigenvalue weighted by molar-refractivity contribution is 7.18. The molecule has 0 fully saturated rings. The summed E-state index contributed by atoms with van der Waals surface area (Å²) in [5.74, 6) is 1.45. The molecule has 0 bridgehead atoms. The second kappa shape index (κ2) is 5.85. The topological polar surface area (TPSA) is 60.1 Å². The standard InChI is InChI=1S/C17H19N3O2S/c1-2-20-16(21)14-12-7-3-4-8-13(12)23-15(14)19-17(20)18-10-11-6-5-9-22-11/h5-6,9H,2-4,7-8,10H2,1H3,(H,18,19). The summed E-state index contributed by atoms with van der Waals surface area (Å²) in [4.78, 5) is 19.9. The van der Waals surface area contributed by atoms with Crippen LogP contribution in [-0.2, 0) is 25.9 Å². The Morgan fingerprint density at radius 3 is 3.04 bits per heavy atom. The van der Waals surface area contributed by atoms with Crippen LogP contribution in [0.15, 0.2) is 27.6 Å². The molecule has 0 aliphatic heterocycles. The van der Waals surface area contributed by atoms with Crippen molar-refractivity contribution < 1.29 is 4.42 Å². The number of rotatable bonds is 4. The van der Waals surface area contributed by atoms with Crippen LogP contribution in [0.25, 0.3) is 10.2 Å². The van der Waals surface area contributed by atoms with Crippen molar-refractivity contribution in [3.05, 3.63) is 45.0 Å². The van der Waals surface area contributed by atoms with E-state index in [-0.39, 0.29) is 5.56 Å². The lowest BCUT2D eigenvalue weighted by Crippen LogP contribution is -2.24. The summed E-state index contributed by atoms with van der Waals surface area (Å²) in [6, 6.07) is 3.76. The molecule has 0 spiro atoms. The van der Waals surface area contributed by atoms with Crippen LogP contribution < -0.4 is 10.9 Å². The van der Waals surface area contributed by atoms with Gasteiger partial charge in [-0.1, -0.05) is 0 Å². The first-order valence-electron chi connectivity index (χ1n) is 8.09. The Kier molecular flexibility index (Phi) is 3.69. The van der Waals surface area contributed by atoms with E-state index in [4.69, 9.17) is 9.40 Å². The minimum Gasteiger partial charge on any atom is -0.467 e. The first-order valence-corrected chi connectivity index (χ1v) is 8.91. The number of anilines is 1. The molecule has 0 amide bonds. The smallest absolute Gasteiger partial charge is 0.263 e. The zero-order valence-electron chi connectivity index (χ0n) is 13.1. The van der Waals surface area contributed by atoms with Crippen LogP contribution in [0.5, 0.6) is 0 Å². The Labute approximate surface area is 138 Å². The molecule has 5 nitrogen and oxygen atoms in total. The Morgan fingerprint density at radius 2 is 2.26 bits per heavy atom. The number of nitrogens with one attached hydrogen (secondary N) is 1. The monoisotopic (exact) mass is 329 g/mol. The summed E-state index contributed by atoms with van der Waals surface area (Å²) in [6.07, 6.45) is 6.12. The van der Waals surface area contributed by atoms with Gasteiger partial charge in [-0.05, 0) is 50.3 Å². The molecular formula is C17H19N3O2S. The predicted molar refractivity (Wildman–Crippen MR) is 92.2 cm³/mol. The maximum atomic E-state index is 12.9. The number of nitrogens with zero attached hydrogens (tertiary/aromatic N) is 2. The van der Waals surface area contributed by atoms with Crippen molar-refractivity contribution in [1.82, 2.24) is 9.55 Å². The lowest BCUT2D eigenvalue weighted by Gasteiger charge is -2.13. The first kappa shape index (κ1) is 14.5. The fraction of sp³-hybridized carbons (Fsp3) is 0.412. The van der Waals surface area contributed by atoms with Crippen LogP contribution in [0, 0.1) is 0 Å². The van der Waals surface area contributed by atoms with E-state index in [0.29, 0.717) is 19.0 Å². The molecule has 120 valence electrons. The van der Waals surface area contributed by atoms with Gasteiger partial charge in [0.2, 0.25) is 5.95 Å². The molecule has 0 saturated heterocycles. The Balaban J connectivity index is 1.80. The minimum absolute atomic E-state index is 0.0823. The van der Waals surface area contributed by atoms with Gasteiger partial charge in [0, 0.05) is 11.4 Å². The first-order chi connectivity index (χ1) is 11.3. The van der Waals surface area contributed by atoms with Crippen LogP contribution in [0.1, 0.15) is 36.0 Å². The van der Waals surface area contributed by atoms with Gasteiger partial charge in [0.25, 0.3) is 5.56 Å². The highest BCUT2D eigenvalue weighted by atomic mass is 32.1. The van der Waals surface area contributed by atoms with Gasteiger partial charge in [0.15, 0.2) is 0 Å². The van der Waals surface area contributed by atoms with Crippen molar-refractivity contribution >= 4 is 27.5 Å². The molecule has 3 heterocycles. The maximum absolute atomic E-state index is 12.9. The SMILES string of the molecule is CCn1c(NCc2ccco2)nc2sc3c(c2c1=O)CCCC3. The molecule has 0 saturated carbocycles. The number of hydrogen-bond acceptors (Lipinski definition) is 5. The average Bonchev–Trinajstić information content (AvgIpc) is 3.20. The minimum atomic E-state index is 0.0823. The van der Waals surface area contributed by atoms with E-state index in [9.17, 15) is 4.79 Å². The zero-order chi connectivity index (χ0) is 15.8. The molecule has 0 atom stereocenters. The molecule has 0 aromatic carbocycles. The van der Waals surface area contributed by atoms with Crippen molar-refractivity contribution in [1.29, 1.82) is 0 Å². The molecule has 0 unspecified atom stereocenters. The zero-order valence-corrected chi connectivity index (χ0v) is 13.9. The quantitative estimate of drug-likeness (QED) is 0.795. The highest BCUT2D eigenvalue weighted by Gasteiger charge is 2.21. The summed E-state index contributed by atoms with van der Waals surface area (Å²) in [6.45, 7) is 3.11. The third-order valence-electron chi connectivity index (χ3n) is 4.39. The molecular weight excluding hydrogens is 310 g/mol. The molecule has 3 aromatic heterocycles. The Bertz CT molecular complexity index is 893. The van der Waals surface area contributed by atoms with Crippen molar-refractivity contribution in [2.45, 2.75) is 45.7 Å². The van der Waals surface area contributed by atoms with Crippen molar-refractivity contribution in [3.63, 3.8) is 0 Å². The van der Waals surface area contributed by atoms with Gasteiger partial charge in [-0.3, -0.25) is 9.36 Å². The van der Waals surface area contributed by atoms with E-state index in [1.807, 2.05) is 19.1 Å². The van der Waals surface area contributed by atoms with Gasteiger partial charge in [0.1, 0.15) is 10.6 Å². The third-order valence-corrected chi connectivity index (χ3v) is 5.58. The number of aryl methyl sites for hydroxylation is 2. The van der Waals surface area contributed by atoms with E-state index in [2.05, 4.69) is 5.32 Å². The summed E-state index contributed by atoms with van der Waals surface area (Å²) in [5, 5.41) is 4.09. The normalized spacial score (nSPS) is 14.1. The van der Waals surface area contributed by atoms with Gasteiger partial charge in [-0.2, -0.15) is 0 Å².